The van der Waals surface area contributed by atoms with Crippen molar-refractivity contribution < 1.29 is 13.6 Å². The van der Waals surface area contributed by atoms with Crippen LogP contribution in [0.5, 0.6) is 0 Å². The lowest BCUT2D eigenvalue weighted by Crippen LogP contribution is -2.58. The minimum absolute atomic E-state index is 0.0759. The van der Waals surface area contributed by atoms with E-state index in [1.165, 1.54) is 0 Å². The molecule has 0 aromatic carbocycles. The summed E-state index contributed by atoms with van der Waals surface area (Å²) < 4.78 is 26.2. The molecule has 1 N–H and O–H groups in total. The lowest BCUT2D eigenvalue weighted by Gasteiger charge is -2.42. The first kappa shape index (κ1) is 13.7. The van der Waals surface area contributed by atoms with Gasteiger partial charge in [-0.25, -0.2) is 8.78 Å². The van der Waals surface area contributed by atoms with Crippen molar-refractivity contribution >= 4 is 5.91 Å². The number of carbonyl (C=O) groups is 1. The van der Waals surface area contributed by atoms with E-state index >= 15 is 0 Å². The van der Waals surface area contributed by atoms with E-state index in [1.807, 2.05) is 18.7 Å². The van der Waals surface area contributed by atoms with E-state index in [9.17, 15) is 13.6 Å². The topological polar surface area (TPSA) is 32.3 Å². The van der Waals surface area contributed by atoms with E-state index in [0.29, 0.717) is 12.8 Å². The zero-order valence-electron chi connectivity index (χ0n) is 11.1. The molecule has 0 aromatic rings. The van der Waals surface area contributed by atoms with Gasteiger partial charge in [0, 0.05) is 43.9 Å². The molecule has 1 heterocycles. The molecule has 1 saturated carbocycles. The number of rotatable bonds is 1. The van der Waals surface area contributed by atoms with Crippen molar-refractivity contribution in [1.29, 1.82) is 0 Å². The van der Waals surface area contributed by atoms with Crippen LogP contribution in [0.15, 0.2) is 0 Å². The average molecular weight is 260 g/mol. The third-order valence-corrected chi connectivity index (χ3v) is 4.15. The SMILES string of the molecule is CC1CNCC(C)N1C(=O)C1CCC(F)(F)CC1. The molecule has 2 fully saturated rings. The smallest absolute Gasteiger partial charge is 0.248 e. The minimum atomic E-state index is -2.56. The second-order valence-electron chi connectivity index (χ2n) is 5.73. The van der Waals surface area contributed by atoms with Crippen molar-refractivity contribution in [2.45, 2.75) is 57.5 Å². The molecule has 0 bridgehead atoms. The van der Waals surface area contributed by atoms with Gasteiger partial charge in [-0.05, 0) is 26.7 Å². The first-order chi connectivity index (χ1) is 8.41. The lowest BCUT2D eigenvalue weighted by molar-refractivity contribution is -0.145. The Morgan fingerprint density at radius 2 is 1.67 bits per heavy atom. The van der Waals surface area contributed by atoms with E-state index < -0.39 is 5.92 Å². The lowest BCUT2D eigenvalue weighted by atomic mass is 9.85. The van der Waals surface area contributed by atoms with Crippen LogP contribution < -0.4 is 5.32 Å². The van der Waals surface area contributed by atoms with Crippen LogP contribution in [0.4, 0.5) is 8.78 Å². The molecular weight excluding hydrogens is 238 g/mol. The molecule has 2 unspecified atom stereocenters. The number of alkyl halides is 2. The Labute approximate surface area is 107 Å². The summed E-state index contributed by atoms with van der Waals surface area (Å²) in [4.78, 5) is 14.3. The predicted molar refractivity (Wildman–Crippen MR) is 65.5 cm³/mol. The molecule has 0 spiro atoms. The van der Waals surface area contributed by atoms with Gasteiger partial charge in [-0.1, -0.05) is 0 Å². The number of hydrogen-bond acceptors (Lipinski definition) is 2. The van der Waals surface area contributed by atoms with Crippen LogP contribution in [-0.2, 0) is 4.79 Å². The van der Waals surface area contributed by atoms with Crippen LogP contribution in [0.2, 0.25) is 0 Å². The number of carbonyl (C=O) groups excluding carboxylic acids is 1. The molecule has 1 amide bonds. The molecule has 2 rings (SSSR count). The number of nitrogens with zero attached hydrogens (tertiary/aromatic N) is 1. The molecule has 2 atom stereocenters. The maximum Gasteiger partial charge on any atom is 0.248 e. The van der Waals surface area contributed by atoms with Gasteiger partial charge in [0.25, 0.3) is 0 Å². The first-order valence-electron chi connectivity index (χ1n) is 6.81. The number of halogens is 2. The van der Waals surface area contributed by atoms with Gasteiger partial charge in [-0.3, -0.25) is 4.79 Å². The Kier molecular flexibility index (Phi) is 3.90. The normalized spacial score (nSPS) is 33.4. The summed E-state index contributed by atoms with van der Waals surface area (Å²) in [5, 5.41) is 3.27. The highest BCUT2D eigenvalue weighted by atomic mass is 19.3. The van der Waals surface area contributed by atoms with Crippen LogP contribution in [0.3, 0.4) is 0 Å². The van der Waals surface area contributed by atoms with E-state index in [2.05, 4.69) is 5.32 Å². The van der Waals surface area contributed by atoms with Crippen molar-refractivity contribution in [1.82, 2.24) is 10.2 Å². The fourth-order valence-electron chi connectivity index (χ4n) is 3.06. The molecule has 0 radical (unpaired) electrons. The van der Waals surface area contributed by atoms with Gasteiger partial charge in [-0.15, -0.1) is 0 Å². The van der Waals surface area contributed by atoms with Crippen LogP contribution in [0.25, 0.3) is 0 Å². The highest BCUT2D eigenvalue weighted by Crippen LogP contribution is 2.37. The zero-order valence-corrected chi connectivity index (χ0v) is 11.1. The van der Waals surface area contributed by atoms with Gasteiger partial charge in [0.05, 0.1) is 0 Å². The maximum atomic E-state index is 13.1. The van der Waals surface area contributed by atoms with Gasteiger partial charge < -0.3 is 10.2 Å². The first-order valence-corrected chi connectivity index (χ1v) is 6.81. The largest absolute Gasteiger partial charge is 0.334 e. The maximum absolute atomic E-state index is 13.1. The Hall–Kier alpha value is -0.710. The second kappa shape index (κ2) is 5.11. The molecule has 1 aliphatic carbocycles. The highest BCUT2D eigenvalue weighted by molar-refractivity contribution is 5.79. The average Bonchev–Trinajstić information content (AvgIpc) is 2.28. The van der Waals surface area contributed by atoms with Crippen molar-refractivity contribution in [3.63, 3.8) is 0 Å². The van der Waals surface area contributed by atoms with Crippen LogP contribution >= 0.6 is 0 Å². The summed E-state index contributed by atoms with van der Waals surface area (Å²) in [5.41, 5.74) is 0. The number of hydrogen-bond donors (Lipinski definition) is 1. The fraction of sp³-hybridized carbons (Fsp3) is 0.923. The molecule has 2 aliphatic rings. The Morgan fingerprint density at radius 1 is 1.17 bits per heavy atom. The standard InChI is InChI=1S/C13H22F2N2O/c1-9-7-16-8-10(2)17(9)12(18)11-3-5-13(14,15)6-4-11/h9-11,16H,3-8H2,1-2H3. The number of nitrogens with one attached hydrogen (secondary N) is 1. The summed E-state index contributed by atoms with van der Waals surface area (Å²) in [6, 6.07) is 0.312. The van der Waals surface area contributed by atoms with E-state index in [4.69, 9.17) is 0 Å². The van der Waals surface area contributed by atoms with Crippen molar-refractivity contribution in [3.05, 3.63) is 0 Å². The molecule has 1 saturated heterocycles. The van der Waals surface area contributed by atoms with E-state index in [-0.39, 0.29) is 36.8 Å². The Balaban J connectivity index is 1.98. The summed E-state index contributed by atoms with van der Waals surface area (Å²) in [6.07, 6.45) is 0.376. The quantitative estimate of drug-likeness (QED) is 0.782. The molecule has 0 aromatic heterocycles. The second-order valence-corrected chi connectivity index (χ2v) is 5.73. The molecule has 104 valence electrons. The third-order valence-electron chi connectivity index (χ3n) is 4.15. The van der Waals surface area contributed by atoms with E-state index in [0.717, 1.165) is 13.1 Å². The summed E-state index contributed by atoms with van der Waals surface area (Å²) >= 11 is 0. The van der Waals surface area contributed by atoms with Gasteiger partial charge in [0.2, 0.25) is 11.8 Å². The van der Waals surface area contributed by atoms with Gasteiger partial charge in [-0.2, -0.15) is 0 Å². The van der Waals surface area contributed by atoms with Crippen molar-refractivity contribution in [2.75, 3.05) is 13.1 Å². The highest BCUT2D eigenvalue weighted by Gasteiger charge is 2.40. The molecule has 1 aliphatic heterocycles. The predicted octanol–water partition coefficient (Wildman–Crippen LogP) is 2.02. The molecule has 5 heteroatoms. The Morgan fingerprint density at radius 3 is 2.17 bits per heavy atom. The van der Waals surface area contributed by atoms with Crippen LogP contribution in [-0.4, -0.2) is 41.9 Å². The summed E-state index contributed by atoms with van der Waals surface area (Å²) in [6.45, 7) is 5.61. The fourth-order valence-corrected chi connectivity index (χ4v) is 3.06. The van der Waals surface area contributed by atoms with Crippen LogP contribution in [0.1, 0.15) is 39.5 Å². The number of piperazine rings is 1. The zero-order chi connectivity index (χ0) is 13.3. The third kappa shape index (κ3) is 2.82. The summed E-state index contributed by atoms with van der Waals surface area (Å²) in [7, 11) is 0. The van der Waals surface area contributed by atoms with E-state index in [1.54, 1.807) is 0 Å². The monoisotopic (exact) mass is 260 g/mol. The molecule has 3 nitrogen and oxygen atoms in total. The minimum Gasteiger partial charge on any atom is -0.334 e. The van der Waals surface area contributed by atoms with Gasteiger partial charge in [0.15, 0.2) is 0 Å². The van der Waals surface area contributed by atoms with Crippen molar-refractivity contribution in [3.8, 4) is 0 Å². The van der Waals surface area contributed by atoms with Gasteiger partial charge >= 0.3 is 0 Å². The number of amides is 1. The molecule has 18 heavy (non-hydrogen) atoms. The molecular formula is C13H22F2N2O. The Bertz CT molecular complexity index is 302. The van der Waals surface area contributed by atoms with Gasteiger partial charge in [0.1, 0.15) is 0 Å². The van der Waals surface area contributed by atoms with Crippen molar-refractivity contribution in [2.24, 2.45) is 5.92 Å². The van der Waals surface area contributed by atoms with Crippen LogP contribution in [0, 0.1) is 5.92 Å². The summed E-state index contributed by atoms with van der Waals surface area (Å²) in [5.74, 6) is -2.68.